The summed E-state index contributed by atoms with van der Waals surface area (Å²) in [5.74, 6) is 1.16. The monoisotopic (exact) mass is 205 g/mol. The van der Waals surface area contributed by atoms with Gasteiger partial charge in [-0.3, -0.25) is 10.0 Å². The van der Waals surface area contributed by atoms with Crippen LogP contribution in [0.3, 0.4) is 0 Å². The molecule has 0 bridgehead atoms. The van der Waals surface area contributed by atoms with E-state index in [0.717, 1.165) is 12.4 Å². The molecule has 1 aliphatic heterocycles. The van der Waals surface area contributed by atoms with Gasteiger partial charge in [-0.05, 0) is 19.3 Å². The van der Waals surface area contributed by atoms with Crippen molar-refractivity contribution in [2.24, 2.45) is 15.5 Å². The highest BCUT2D eigenvalue weighted by molar-refractivity contribution is 5.90. The second-order valence-corrected chi connectivity index (χ2v) is 4.45. The molecule has 0 atom stereocenters. The maximum Gasteiger partial charge on any atom is 0.126 e. The van der Waals surface area contributed by atoms with E-state index in [2.05, 4.69) is 23.4 Å². The van der Waals surface area contributed by atoms with Crippen LogP contribution < -0.4 is 0 Å². The highest BCUT2D eigenvalue weighted by atomic mass is 15.5. The molecule has 2 rings (SSSR count). The van der Waals surface area contributed by atoms with Gasteiger partial charge in [-0.2, -0.15) is 5.10 Å². The van der Waals surface area contributed by atoms with Crippen molar-refractivity contribution in [1.82, 2.24) is 5.01 Å². The van der Waals surface area contributed by atoms with Gasteiger partial charge in [0.25, 0.3) is 0 Å². The van der Waals surface area contributed by atoms with Crippen molar-refractivity contribution in [1.29, 1.82) is 0 Å². The minimum atomic E-state index is 0.324. The highest BCUT2D eigenvalue weighted by Gasteiger charge is 2.45. The topological polar surface area (TPSA) is 28.0 Å². The van der Waals surface area contributed by atoms with E-state index in [-0.39, 0.29) is 0 Å². The lowest BCUT2D eigenvalue weighted by Gasteiger charge is -2.24. The van der Waals surface area contributed by atoms with Gasteiger partial charge in [0.05, 0.1) is 6.54 Å². The van der Waals surface area contributed by atoms with Crippen LogP contribution in [0, 0.1) is 5.41 Å². The first-order valence-corrected chi connectivity index (χ1v) is 5.72. The number of rotatable bonds is 3. The second kappa shape index (κ2) is 4.17. The normalized spacial score (nSPS) is 26.4. The third kappa shape index (κ3) is 1.71. The van der Waals surface area contributed by atoms with Crippen LogP contribution in [0.1, 0.15) is 32.1 Å². The first kappa shape index (κ1) is 10.4. The SMILES string of the molecule is C=CCN=C1N(N=C)CCC12CCCC2. The van der Waals surface area contributed by atoms with Crippen LogP contribution in [0.5, 0.6) is 0 Å². The second-order valence-electron chi connectivity index (χ2n) is 4.45. The van der Waals surface area contributed by atoms with E-state index in [9.17, 15) is 0 Å². The van der Waals surface area contributed by atoms with Crippen LogP contribution in [0.2, 0.25) is 0 Å². The maximum atomic E-state index is 4.62. The predicted molar refractivity (Wildman–Crippen MR) is 64.3 cm³/mol. The lowest BCUT2D eigenvalue weighted by molar-refractivity contribution is 0.434. The van der Waals surface area contributed by atoms with Gasteiger partial charge < -0.3 is 0 Å². The summed E-state index contributed by atoms with van der Waals surface area (Å²) in [6.45, 7) is 9.02. The highest BCUT2D eigenvalue weighted by Crippen LogP contribution is 2.47. The fourth-order valence-corrected chi connectivity index (χ4v) is 2.87. The first-order valence-electron chi connectivity index (χ1n) is 5.72. The van der Waals surface area contributed by atoms with Crippen molar-refractivity contribution in [3.05, 3.63) is 12.7 Å². The Bertz CT molecular complexity index is 287. The molecule has 1 aliphatic carbocycles. The van der Waals surface area contributed by atoms with E-state index in [4.69, 9.17) is 0 Å². The molecule has 1 saturated heterocycles. The minimum Gasteiger partial charge on any atom is -0.266 e. The fraction of sp³-hybridized carbons (Fsp3) is 0.667. The zero-order chi connectivity index (χ0) is 10.7. The molecule has 0 radical (unpaired) electrons. The average molecular weight is 205 g/mol. The molecule has 0 N–H and O–H groups in total. The molecule has 0 amide bonds. The smallest absolute Gasteiger partial charge is 0.126 e. The van der Waals surface area contributed by atoms with Crippen molar-refractivity contribution in [3.8, 4) is 0 Å². The molecule has 15 heavy (non-hydrogen) atoms. The Labute approximate surface area is 91.6 Å². The Balaban J connectivity index is 2.24. The minimum absolute atomic E-state index is 0.324. The largest absolute Gasteiger partial charge is 0.266 e. The van der Waals surface area contributed by atoms with Crippen molar-refractivity contribution >= 4 is 12.6 Å². The van der Waals surface area contributed by atoms with Crippen LogP contribution in [0.15, 0.2) is 22.7 Å². The molecule has 1 saturated carbocycles. The lowest BCUT2D eigenvalue weighted by atomic mass is 9.84. The summed E-state index contributed by atoms with van der Waals surface area (Å²) >= 11 is 0. The first-order chi connectivity index (χ1) is 7.32. The average Bonchev–Trinajstić information content (AvgIpc) is 2.85. The van der Waals surface area contributed by atoms with E-state index in [1.807, 2.05) is 11.1 Å². The summed E-state index contributed by atoms with van der Waals surface area (Å²) in [4.78, 5) is 4.62. The molecule has 1 heterocycles. The Morgan fingerprint density at radius 3 is 2.67 bits per heavy atom. The van der Waals surface area contributed by atoms with Crippen molar-refractivity contribution in [2.75, 3.05) is 13.1 Å². The molecule has 3 nitrogen and oxygen atoms in total. The molecule has 2 aliphatic rings. The number of hydrogen-bond acceptors (Lipinski definition) is 2. The summed E-state index contributed by atoms with van der Waals surface area (Å²) in [6.07, 6.45) is 8.25. The third-order valence-corrected chi connectivity index (χ3v) is 3.62. The number of hydrogen-bond donors (Lipinski definition) is 0. The molecule has 2 fully saturated rings. The molecular weight excluding hydrogens is 186 g/mol. The summed E-state index contributed by atoms with van der Waals surface area (Å²) in [5, 5.41) is 6.04. The van der Waals surface area contributed by atoms with Gasteiger partial charge in [-0.25, -0.2) is 0 Å². The summed E-state index contributed by atoms with van der Waals surface area (Å²) in [7, 11) is 0. The van der Waals surface area contributed by atoms with Gasteiger partial charge in [-0.1, -0.05) is 18.9 Å². The van der Waals surface area contributed by atoms with Gasteiger partial charge in [0.15, 0.2) is 0 Å². The maximum absolute atomic E-state index is 4.62. The van der Waals surface area contributed by atoms with Gasteiger partial charge in [0.2, 0.25) is 0 Å². The van der Waals surface area contributed by atoms with Gasteiger partial charge in [0.1, 0.15) is 5.84 Å². The van der Waals surface area contributed by atoms with E-state index >= 15 is 0 Å². The van der Waals surface area contributed by atoms with Crippen LogP contribution in [0.4, 0.5) is 0 Å². The van der Waals surface area contributed by atoms with Gasteiger partial charge in [0, 0.05) is 18.7 Å². The Morgan fingerprint density at radius 1 is 1.33 bits per heavy atom. The molecule has 0 aromatic heterocycles. The standard InChI is InChI=1S/C12H19N3/c1-3-9-14-11-12(6-4-5-7-12)8-10-15(11)13-2/h3H,1-2,4-10H2. The van der Waals surface area contributed by atoms with E-state index in [1.54, 1.807) is 0 Å². The third-order valence-electron chi connectivity index (χ3n) is 3.62. The molecule has 0 aromatic rings. The Hall–Kier alpha value is -1.12. The molecule has 0 unspecified atom stereocenters. The summed E-state index contributed by atoms with van der Waals surface area (Å²) in [6, 6.07) is 0. The fourth-order valence-electron chi connectivity index (χ4n) is 2.87. The van der Waals surface area contributed by atoms with E-state index < -0.39 is 0 Å². The van der Waals surface area contributed by atoms with Crippen LogP contribution >= 0.6 is 0 Å². The predicted octanol–water partition coefficient (Wildman–Crippen LogP) is 2.45. The number of nitrogens with zero attached hydrogens (tertiary/aromatic N) is 3. The van der Waals surface area contributed by atoms with Gasteiger partial charge >= 0.3 is 0 Å². The summed E-state index contributed by atoms with van der Waals surface area (Å²) < 4.78 is 0. The molecule has 0 aromatic carbocycles. The van der Waals surface area contributed by atoms with E-state index in [0.29, 0.717) is 12.0 Å². The number of aliphatic imine (C=N–C) groups is 1. The summed E-state index contributed by atoms with van der Waals surface area (Å²) in [5.41, 5.74) is 0.324. The molecule has 1 spiro atoms. The quantitative estimate of drug-likeness (QED) is 0.514. The Morgan fingerprint density at radius 2 is 2.07 bits per heavy atom. The van der Waals surface area contributed by atoms with E-state index in [1.165, 1.54) is 32.1 Å². The molecule has 82 valence electrons. The zero-order valence-electron chi connectivity index (χ0n) is 9.28. The van der Waals surface area contributed by atoms with Crippen molar-refractivity contribution in [2.45, 2.75) is 32.1 Å². The van der Waals surface area contributed by atoms with Crippen LogP contribution in [-0.4, -0.2) is 30.7 Å². The van der Waals surface area contributed by atoms with Crippen molar-refractivity contribution < 1.29 is 0 Å². The zero-order valence-corrected chi connectivity index (χ0v) is 9.28. The number of hydrazone groups is 1. The van der Waals surface area contributed by atoms with Crippen molar-refractivity contribution in [3.63, 3.8) is 0 Å². The Kier molecular flexibility index (Phi) is 2.89. The lowest BCUT2D eigenvalue weighted by Crippen LogP contribution is -2.30. The molecule has 3 heteroatoms. The van der Waals surface area contributed by atoms with Crippen LogP contribution in [0.25, 0.3) is 0 Å². The molecular formula is C12H19N3. The number of amidine groups is 1. The van der Waals surface area contributed by atoms with Crippen LogP contribution in [-0.2, 0) is 0 Å². The van der Waals surface area contributed by atoms with Gasteiger partial charge in [-0.15, -0.1) is 6.58 Å².